The lowest BCUT2D eigenvalue weighted by atomic mass is 9.86. The van der Waals surface area contributed by atoms with Gasteiger partial charge in [-0.2, -0.15) is 5.10 Å². The predicted octanol–water partition coefficient (Wildman–Crippen LogP) is 0.780. The molecule has 0 spiro atoms. The van der Waals surface area contributed by atoms with Crippen molar-refractivity contribution in [2.75, 3.05) is 13.2 Å². The number of amides is 1. The number of H-pyrrole nitrogens is 1. The summed E-state index contributed by atoms with van der Waals surface area (Å²) in [6, 6.07) is 0. The van der Waals surface area contributed by atoms with Crippen LogP contribution in [0.3, 0.4) is 0 Å². The highest BCUT2D eigenvalue weighted by Crippen LogP contribution is 2.25. The normalized spacial score (nSPS) is 17.7. The number of hydrogen-bond donors (Lipinski definition) is 3. The Balaban J connectivity index is 2.17. The number of aromatic nitrogens is 2. The average molecular weight is 281 g/mol. The van der Waals surface area contributed by atoms with Crippen molar-refractivity contribution in [3.05, 3.63) is 17.0 Å². The first-order valence-corrected chi connectivity index (χ1v) is 6.57. The number of carbonyl (C=O) groups is 2. The zero-order chi connectivity index (χ0) is 14.8. The summed E-state index contributed by atoms with van der Waals surface area (Å²) in [5.74, 6) is -1.27. The molecule has 1 aromatic heterocycles. The Morgan fingerprint density at radius 2 is 2.05 bits per heavy atom. The molecule has 0 aromatic carbocycles. The van der Waals surface area contributed by atoms with Crippen molar-refractivity contribution in [3.8, 4) is 0 Å². The number of nitrogens with one attached hydrogen (secondary N) is 2. The minimum atomic E-state index is -0.929. The van der Waals surface area contributed by atoms with E-state index in [1.54, 1.807) is 0 Å². The molecule has 0 saturated carbocycles. The Morgan fingerprint density at radius 3 is 2.55 bits per heavy atom. The molecule has 0 bridgehead atoms. The summed E-state index contributed by atoms with van der Waals surface area (Å²) in [5.41, 5.74) is 1.17. The summed E-state index contributed by atoms with van der Waals surface area (Å²) in [4.78, 5) is 23.4. The summed E-state index contributed by atoms with van der Waals surface area (Å²) in [6.45, 7) is 4.54. The summed E-state index contributed by atoms with van der Waals surface area (Å²) in [5, 5.41) is 18.6. The van der Waals surface area contributed by atoms with Crippen LogP contribution in [0.15, 0.2) is 0 Å². The molecule has 20 heavy (non-hydrogen) atoms. The quantitative estimate of drug-likeness (QED) is 0.756. The summed E-state index contributed by atoms with van der Waals surface area (Å²) < 4.78 is 5.26. The number of ether oxygens (including phenoxy) is 1. The molecule has 0 atom stereocenters. The Hall–Kier alpha value is -1.89. The minimum Gasteiger partial charge on any atom is -0.481 e. The van der Waals surface area contributed by atoms with Gasteiger partial charge in [-0.3, -0.25) is 14.7 Å². The highest BCUT2D eigenvalue weighted by molar-refractivity contribution is 5.94. The number of carboxylic acid groups (broad SMARTS) is 1. The van der Waals surface area contributed by atoms with Crippen LogP contribution in [0, 0.1) is 13.8 Å². The van der Waals surface area contributed by atoms with Gasteiger partial charge in [0.25, 0.3) is 5.91 Å². The van der Waals surface area contributed by atoms with Gasteiger partial charge < -0.3 is 15.2 Å². The van der Waals surface area contributed by atoms with E-state index < -0.39 is 11.5 Å². The lowest BCUT2D eigenvalue weighted by Gasteiger charge is -2.36. The van der Waals surface area contributed by atoms with Crippen molar-refractivity contribution in [1.29, 1.82) is 0 Å². The van der Waals surface area contributed by atoms with Crippen molar-refractivity contribution >= 4 is 11.9 Å². The van der Waals surface area contributed by atoms with Crippen LogP contribution < -0.4 is 5.32 Å². The maximum absolute atomic E-state index is 12.3. The number of carbonyl (C=O) groups excluding carboxylic acids is 1. The van der Waals surface area contributed by atoms with Gasteiger partial charge in [0.2, 0.25) is 0 Å². The fourth-order valence-corrected chi connectivity index (χ4v) is 2.40. The van der Waals surface area contributed by atoms with Crippen LogP contribution in [0.4, 0.5) is 0 Å². The fraction of sp³-hybridized carbons (Fsp3) is 0.615. The highest BCUT2D eigenvalue weighted by atomic mass is 16.5. The number of aliphatic carboxylic acids is 1. The smallest absolute Gasteiger partial charge is 0.305 e. The third kappa shape index (κ3) is 2.98. The molecule has 110 valence electrons. The summed E-state index contributed by atoms with van der Waals surface area (Å²) in [6.07, 6.45) is 0.880. The van der Waals surface area contributed by atoms with Crippen LogP contribution in [0.5, 0.6) is 0 Å². The number of aryl methyl sites for hydroxylation is 1. The summed E-state index contributed by atoms with van der Waals surface area (Å²) >= 11 is 0. The number of hydrogen-bond acceptors (Lipinski definition) is 4. The highest BCUT2D eigenvalue weighted by Gasteiger charge is 2.37. The molecule has 2 heterocycles. The second-order valence-electron chi connectivity index (χ2n) is 5.24. The topological polar surface area (TPSA) is 104 Å². The van der Waals surface area contributed by atoms with E-state index in [1.165, 1.54) is 0 Å². The van der Waals surface area contributed by atoms with Crippen molar-refractivity contribution < 1.29 is 19.4 Å². The second kappa shape index (κ2) is 5.62. The minimum absolute atomic E-state index is 0.107. The third-order valence-corrected chi connectivity index (χ3v) is 3.79. The number of aromatic amines is 1. The first kappa shape index (κ1) is 14.5. The van der Waals surface area contributed by atoms with E-state index >= 15 is 0 Å². The van der Waals surface area contributed by atoms with Crippen LogP contribution in [0.25, 0.3) is 0 Å². The largest absolute Gasteiger partial charge is 0.481 e. The molecule has 1 aliphatic rings. The maximum atomic E-state index is 12.3. The molecule has 7 nitrogen and oxygen atoms in total. The van der Waals surface area contributed by atoms with Gasteiger partial charge in [0, 0.05) is 24.5 Å². The lowest BCUT2D eigenvalue weighted by Crippen LogP contribution is -2.53. The monoisotopic (exact) mass is 281 g/mol. The van der Waals surface area contributed by atoms with Gasteiger partial charge >= 0.3 is 5.97 Å². The van der Waals surface area contributed by atoms with E-state index in [0.29, 0.717) is 31.7 Å². The second-order valence-corrected chi connectivity index (χ2v) is 5.24. The van der Waals surface area contributed by atoms with Gasteiger partial charge in [-0.25, -0.2) is 0 Å². The molecule has 1 amide bonds. The molecule has 7 heteroatoms. The Labute approximate surface area is 116 Å². The number of carboxylic acids is 1. The van der Waals surface area contributed by atoms with Crippen LogP contribution >= 0.6 is 0 Å². The Morgan fingerprint density at radius 1 is 1.40 bits per heavy atom. The van der Waals surface area contributed by atoms with Crippen molar-refractivity contribution in [1.82, 2.24) is 15.5 Å². The zero-order valence-corrected chi connectivity index (χ0v) is 11.7. The molecule has 2 rings (SSSR count). The van der Waals surface area contributed by atoms with Gasteiger partial charge in [0.15, 0.2) is 5.69 Å². The third-order valence-electron chi connectivity index (χ3n) is 3.79. The first-order chi connectivity index (χ1) is 9.43. The lowest BCUT2D eigenvalue weighted by molar-refractivity contribution is -0.139. The molecule has 0 radical (unpaired) electrons. The van der Waals surface area contributed by atoms with Crippen molar-refractivity contribution in [3.63, 3.8) is 0 Å². The van der Waals surface area contributed by atoms with E-state index in [9.17, 15) is 9.59 Å². The van der Waals surface area contributed by atoms with Gasteiger partial charge in [0.05, 0.1) is 12.0 Å². The molecule has 1 aromatic rings. The van der Waals surface area contributed by atoms with E-state index in [0.717, 1.165) is 11.3 Å². The van der Waals surface area contributed by atoms with Crippen molar-refractivity contribution in [2.24, 2.45) is 0 Å². The van der Waals surface area contributed by atoms with E-state index in [2.05, 4.69) is 15.5 Å². The van der Waals surface area contributed by atoms with Crippen LogP contribution in [-0.4, -0.2) is 45.9 Å². The SMILES string of the molecule is Cc1[nH]nc(C(=O)NC2(CC(=O)O)CCOCC2)c1C. The van der Waals surface area contributed by atoms with Crippen LogP contribution in [0.2, 0.25) is 0 Å². The average Bonchev–Trinajstić information content (AvgIpc) is 2.70. The maximum Gasteiger partial charge on any atom is 0.305 e. The van der Waals surface area contributed by atoms with E-state index in [-0.39, 0.29) is 12.3 Å². The molecular formula is C13H19N3O4. The first-order valence-electron chi connectivity index (χ1n) is 6.57. The van der Waals surface area contributed by atoms with Crippen LogP contribution in [0.1, 0.15) is 41.0 Å². The Bertz CT molecular complexity index is 518. The molecule has 1 saturated heterocycles. The molecular weight excluding hydrogens is 262 g/mol. The predicted molar refractivity (Wildman–Crippen MR) is 70.6 cm³/mol. The fourth-order valence-electron chi connectivity index (χ4n) is 2.40. The number of nitrogens with zero attached hydrogens (tertiary/aromatic N) is 1. The zero-order valence-electron chi connectivity index (χ0n) is 11.7. The molecule has 1 fully saturated rings. The van der Waals surface area contributed by atoms with E-state index in [4.69, 9.17) is 9.84 Å². The van der Waals surface area contributed by atoms with Crippen LogP contribution in [-0.2, 0) is 9.53 Å². The molecule has 3 N–H and O–H groups in total. The molecule has 0 aliphatic carbocycles. The van der Waals surface area contributed by atoms with Gasteiger partial charge in [0.1, 0.15) is 0 Å². The van der Waals surface area contributed by atoms with Gasteiger partial charge in [-0.1, -0.05) is 0 Å². The molecule has 0 unspecified atom stereocenters. The van der Waals surface area contributed by atoms with Gasteiger partial charge in [-0.05, 0) is 26.7 Å². The van der Waals surface area contributed by atoms with Gasteiger partial charge in [-0.15, -0.1) is 0 Å². The summed E-state index contributed by atoms with van der Waals surface area (Å²) in [7, 11) is 0. The molecule has 1 aliphatic heterocycles. The number of rotatable bonds is 4. The standard InChI is InChI=1S/C13H19N3O4/c1-8-9(2)15-16-11(8)12(19)14-13(7-10(17)18)3-5-20-6-4-13/h3-7H2,1-2H3,(H,14,19)(H,15,16)(H,17,18). The van der Waals surface area contributed by atoms with E-state index in [1.807, 2.05) is 13.8 Å². The Kier molecular flexibility index (Phi) is 4.08. The van der Waals surface area contributed by atoms with Crippen molar-refractivity contribution in [2.45, 2.75) is 38.6 Å².